The van der Waals surface area contributed by atoms with E-state index in [0.29, 0.717) is 0 Å². The standard InChI is InChI=1S/C24H26N4/c1-19-6-4-7-20(14-19)15-27-13-10-24(17-27)18-28(16-21-8-2-3-11-25-21)22-9-5-12-26-23(22)24/h2-9,11-12,14H,10,13,15-18H2,1H3. The van der Waals surface area contributed by atoms with Gasteiger partial charge in [-0.3, -0.25) is 14.9 Å². The number of hydrogen-bond acceptors (Lipinski definition) is 4. The Bertz CT molecular complexity index is 971. The highest BCUT2D eigenvalue weighted by molar-refractivity contribution is 5.60. The lowest BCUT2D eigenvalue weighted by Crippen LogP contribution is -2.36. The van der Waals surface area contributed by atoms with Gasteiger partial charge in [-0.05, 0) is 49.7 Å². The van der Waals surface area contributed by atoms with Gasteiger partial charge in [-0.1, -0.05) is 35.9 Å². The molecule has 2 aliphatic rings. The Labute approximate surface area is 166 Å². The maximum atomic E-state index is 4.85. The molecule has 0 radical (unpaired) electrons. The SMILES string of the molecule is Cc1cccc(CN2CCC3(C2)CN(Cc2ccccn2)c2cccnc23)c1. The third kappa shape index (κ3) is 3.18. The van der Waals surface area contributed by atoms with Crippen molar-refractivity contribution >= 4 is 5.69 Å². The molecule has 0 saturated carbocycles. The molecule has 2 aliphatic heterocycles. The van der Waals surface area contributed by atoms with Crippen molar-refractivity contribution in [3.63, 3.8) is 0 Å². The van der Waals surface area contributed by atoms with Crippen LogP contribution in [-0.2, 0) is 18.5 Å². The summed E-state index contributed by atoms with van der Waals surface area (Å²) in [4.78, 5) is 14.5. The van der Waals surface area contributed by atoms with Crippen LogP contribution in [0.1, 0.15) is 28.9 Å². The lowest BCUT2D eigenvalue weighted by atomic mass is 9.85. The van der Waals surface area contributed by atoms with Gasteiger partial charge in [0.15, 0.2) is 0 Å². The van der Waals surface area contributed by atoms with E-state index in [0.717, 1.165) is 38.4 Å². The fourth-order valence-electron chi connectivity index (χ4n) is 4.90. The van der Waals surface area contributed by atoms with Crippen LogP contribution in [0, 0.1) is 6.92 Å². The molecule has 0 bridgehead atoms. The van der Waals surface area contributed by atoms with Crippen molar-refractivity contribution in [1.82, 2.24) is 14.9 Å². The Morgan fingerprint density at radius 1 is 0.929 bits per heavy atom. The molecule has 0 N–H and O–H groups in total. The van der Waals surface area contributed by atoms with Crippen molar-refractivity contribution in [2.24, 2.45) is 0 Å². The normalized spacial score (nSPS) is 21.4. The van der Waals surface area contributed by atoms with Gasteiger partial charge in [-0.25, -0.2) is 0 Å². The van der Waals surface area contributed by atoms with Gasteiger partial charge in [0.2, 0.25) is 0 Å². The highest BCUT2D eigenvalue weighted by Crippen LogP contribution is 2.45. The maximum absolute atomic E-state index is 4.85. The Morgan fingerprint density at radius 2 is 1.86 bits per heavy atom. The zero-order chi connectivity index (χ0) is 19.0. The molecule has 2 aromatic heterocycles. The topological polar surface area (TPSA) is 32.3 Å². The summed E-state index contributed by atoms with van der Waals surface area (Å²) in [6.45, 7) is 7.26. The largest absolute Gasteiger partial charge is 0.363 e. The van der Waals surface area contributed by atoms with E-state index in [1.54, 1.807) is 0 Å². The average Bonchev–Trinajstić information content (AvgIpc) is 3.25. The Kier molecular flexibility index (Phi) is 4.36. The number of aryl methyl sites for hydroxylation is 1. The molecular formula is C24H26N4. The molecule has 1 aromatic carbocycles. The smallest absolute Gasteiger partial charge is 0.0729 e. The Balaban J connectivity index is 1.38. The van der Waals surface area contributed by atoms with Crippen LogP contribution in [0.15, 0.2) is 67.0 Å². The van der Waals surface area contributed by atoms with Crippen LogP contribution in [0.2, 0.25) is 0 Å². The summed E-state index contributed by atoms with van der Waals surface area (Å²) >= 11 is 0. The lowest BCUT2D eigenvalue weighted by molar-refractivity contribution is 0.305. The number of anilines is 1. The van der Waals surface area contributed by atoms with E-state index in [1.165, 1.54) is 28.9 Å². The van der Waals surface area contributed by atoms with Crippen LogP contribution in [0.25, 0.3) is 0 Å². The molecule has 1 fully saturated rings. The van der Waals surface area contributed by atoms with Crippen LogP contribution in [0.4, 0.5) is 5.69 Å². The number of pyridine rings is 2. The third-order valence-corrected chi connectivity index (χ3v) is 6.12. The molecule has 4 nitrogen and oxygen atoms in total. The lowest BCUT2D eigenvalue weighted by Gasteiger charge is -2.26. The first-order valence-corrected chi connectivity index (χ1v) is 10.1. The summed E-state index contributed by atoms with van der Waals surface area (Å²) in [5.41, 5.74) is 6.55. The van der Waals surface area contributed by atoms with E-state index < -0.39 is 0 Å². The number of hydrogen-bond donors (Lipinski definition) is 0. The number of fused-ring (bicyclic) bond motifs is 2. The summed E-state index contributed by atoms with van der Waals surface area (Å²) in [5, 5.41) is 0. The van der Waals surface area contributed by atoms with E-state index in [1.807, 2.05) is 18.5 Å². The fourth-order valence-corrected chi connectivity index (χ4v) is 4.90. The van der Waals surface area contributed by atoms with Crippen LogP contribution in [0.3, 0.4) is 0 Å². The molecule has 28 heavy (non-hydrogen) atoms. The third-order valence-electron chi connectivity index (χ3n) is 6.12. The monoisotopic (exact) mass is 370 g/mol. The van der Waals surface area contributed by atoms with Gasteiger partial charge in [0.1, 0.15) is 0 Å². The second-order valence-electron chi connectivity index (χ2n) is 8.28. The van der Waals surface area contributed by atoms with Crippen molar-refractivity contribution in [2.45, 2.75) is 31.8 Å². The zero-order valence-electron chi connectivity index (χ0n) is 16.4. The van der Waals surface area contributed by atoms with Crippen molar-refractivity contribution in [3.8, 4) is 0 Å². The molecule has 4 heterocycles. The number of rotatable bonds is 4. The van der Waals surface area contributed by atoms with Gasteiger partial charge in [-0.2, -0.15) is 0 Å². The number of benzene rings is 1. The van der Waals surface area contributed by atoms with E-state index in [9.17, 15) is 0 Å². The predicted molar refractivity (Wildman–Crippen MR) is 112 cm³/mol. The molecule has 0 aliphatic carbocycles. The van der Waals surface area contributed by atoms with E-state index in [-0.39, 0.29) is 5.41 Å². The highest BCUT2D eigenvalue weighted by atomic mass is 15.2. The average molecular weight is 371 g/mol. The van der Waals surface area contributed by atoms with E-state index in [2.05, 4.69) is 70.2 Å². The summed E-state index contributed by atoms with van der Waals surface area (Å²) < 4.78 is 0. The van der Waals surface area contributed by atoms with Crippen molar-refractivity contribution in [1.29, 1.82) is 0 Å². The second kappa shape index (κ2) is 7.02. The van der Waals surface area contributed by atoms with Gasteiger partial charge in [0, 0.05) is 37.4 Å². The summed E-state index contributed by atoms with van der Waals surface area (Å²) in [6, 6.07) is 19.3. The number of aromatic nitrogens is 2. The van der Waals surface area contributed by atoms with Crippen LogP contribution in [-0.4, -0.2) is 34.5 Å². The molecule has 1 atom stereocenters. The molecule has 1 unspecified atom stereocenters. The first-order chi connectivity index (χ1) is 13.7. The highest BCUT2D eigenvalue weighted by Gasteiger charge is 2.48. The molecule has 1 saturated heterocycles. The Hall–Kier alpha value is -2.72. The molecule has 5 rings (SSSR count). The van der Waals surface area contributed by atoms with E-state index >= 15 is 0 Å². The predicted octanol–water partition coefficient (Wildman–Crippen LogP) is 3.95. The summed E-state index contributed by atoms with van der Waals surface area (Å²) in [6.07, 6.45) is 5.00. The Morgan fingerprint density at radius 3 is 2.71 bits per heavy atom. The van der Waals surface area contributed by atoms with Gasteiger partial charge < -0.3 is 4.90 Å². The molecule has 4 heteroatoms. The van der Waals surface area contributed by atoms with Crippen molar-refractivity contribution < 1.29 is 0 Å². The van der Waals surface area contributed by atoms with Gasteiger partial charge in [0.05, 0.1) is 23.6 Å². The van der Waals surface area contributed by atoms with E-state index in [4.69, 9.17) is 4.98 Å². The van der Waals surface area contributed by atoms with Crippen LogP contribution >= 0.6 is 0 Å². The molecule has 0 amide bonds. The second-order valence-corrected chi connectivity index (χ2v) is 8.28. The van der Waals surface area contributed by atoms with Crippen LogP contribution < -0.4 is 4.90 Å². The quantitative estimate of drug-likeness (QED) is 0.696. The van der Waals surface area contributed by atoms with Crippen LogP contribution in [0.5, 0.6) is 0 Å². The van der Waals surface area contributed by atoms with Gasteiger partial charge in [-0.15, -0.1) is 0 Å². The summed E-state index contributed by atoms with van der Waals surface area (Å²) in [7, 11) is 0. The summed E-state index contributed by atoms with van der Waals surface area (Å²) in [5.74, 6) is 0. The molecular weight excluding hydrogens is 344 g/mol. The zero-order valence-corrected chi connectivity index (χ0v) is 16.4. The first-order valence-electron chi connectivity index (χ1n) is 10.1. The first kappa shape index (κ1) is 17.4. The van der Waals surface area contributed by atoms with Crippen molar-refractivity contribution in [2.75, 3.05) is 24.5 Å². The minimum absolute atomic E-state index is 0.134. The molecule has 3 aromatic rings. The minimum atomic E-state index is 0.134. The fraction of sp³-hybridized carbons (Fsp3) is 0.333. The molecule has 1 spiro atoms. The van der Waals surface area contributed by atoms with Gasteiger partial charge in [0.25, 0.3) is 0 Å². The maximum Gasteiger partial charge on any atom is 0.0729 e. The number of likely N-dealkylation sites (tertiary alicyclic amines) is 1. The molecule has 142 valence electrons. The van der Waals surface area contributed by atoms with Crippen molar-refractivity contribution in [3.05, 3.63) is 89.5 Å². The minimum Gasteiger partial charge on any atom is -0.363 e. The number of nitrogens with zero attached hydrogens (tertiary/aromatic N) is 4. The van der Waals surface area contributed by atoms with Gasteiger partial charge >= 0.3 is 0 Å².